The first-order chi connectivity index (χ1) is 8.08. The minimum Gasteiger partial charge on any atom is -0.324 e. The van der Waals surface area contributed by atoms with Crippen LogP contribution in [0.3, 0.4) is 0 Å². The van der Waals surface area contributed by atoms with Crippen LogP contribution in [-0.4, -0.2) is 21.9 Å². The summed E-state index contributed by atoms with van der Waals surface area (Å²) >= 11 is 0. The third kappa shape index (κ3) is 2.45. The summed E-state index contributed by atoms with van der Waals surface area (Å²) in [5.41, 5.74) is 7.46. The molecule has 5 heteroatoms. The van der Waals surface area contributed by atoms with E-state index in [9.17, 15) is 4.79 Å². The lowest BCUT2D eigenvalue weighted by molar-refractivity contribution is -0.118. The predicted octanol–water partition coefficient (Wildman–Crippen LogP) is 1.48. The van der Waals surface area contributed by atoms with Crippen LogP contribution in [0.15, 0.2) is 24.3 Å². The number of amides is 1. The number of hydrogen-bond donors (Lipinski definition) is 3. The maximum absolute atomic E-state index is 11.7. The number of para-hydroxylation sites is 2. The van der Waals surface area contributed by atoms with Gasteiger partial charge in [0.15, 0.2) is 0 Å². The Kier molecular flexibility index (Phi) is 3.10. The van der Waals surface area contributed by atoms with Crippen molar-refractivity contribution in [2.45, 2.75) is 19.9 Å². The summed E-state index contributed by atoms with van der Waals surface area (Å²) < 4.78 is 0. The zero-order valence-electron chi connectivity index (χ0n) is 9.90. The first-order valence-corrected chi connectivity index (χ1v) is 5.59. The van der Waals surface area contributed by atoms with Crippen molar-refractivity contribution in [2.75, 3.05) is 5.32 Å². The number of hydrogen-bond acceptors (Lipinski definition) is 3. The summed E-state index contributed by atoms with van der Waals surface area (Å²) in [5, 5.41) is 2.68. The van der Waals surface area contributed by atoms with Crippen molar-refractivity contribution >= 4 is 22.9 Å². The largest absolute Gasteiger partial charge is 0.324 e. The first kappa shape index (κ1) is 11.6. The molecular formula is C12H16N4O. The molecule has 5 nitrogen and oxygen atoms in total. The molecule has 0 unspecified atom stereocenters. The molecule has 0 saturated heterocycles. The Morgan fingerprint density at radius 1 is 1.41 bits per heavy atom. The van der Waals surface area contributed by atoms with Gasteiger partial charge in [-0.15, -0.1) is 0 Å². The Morgan fingerprint density at radius 2 is 2.12 bits per heavy atom. The van der Waals surface area contributed by atoms with E-state index in [1.165, 1.54) is 0 Å². The zero-order valence-corrected chi connectivity index (χ0v) is 9.90. The number of aromatic nitrogens is 2. The van der Waals surface area contributed by atoms with Crippen LogP contribution in [0.2, 0.25) is 0 Å². The van der Waals surface area contributed by atoms with Gasteiger partial charge in [-0.2, -0.15) is 0 Å². The van der Waals surface area contributed by atoms with Crippen LogP contribution in [0.5, 0.6) is 0 Å². The maximum atomic E-state index is 11.7. The summed E-state index contributed by atoms with van der Waals surface area (Å²) in [5.74, 6) is 0.311. The number of carbonyl (C=O) groups excluding carboxylic acids is 1. The van der Waals surface area contributed by atoms with E-state index in [0.29, 0.717) is 5.95 Å². The van der Waals surface area contributed by atoms with Crippen molar-refractivity contribution < 1.29 is 4.79 Å². The highest BCUT2D eigenvalue weighted by Gasteiger charge is 2.18. The van der Waals surface area contributed by atoms with Crippen molar-refractivity contribution in [3.05, 3.63) is 24.3 Å². The molecule has 2 aromatic rings. The minimum absolute atomic E-state index is 0.0966. The molecule has 1 amide bonds. The number of rotatable bonds is 3. The SMILES string of the molecule is CC(C)[C@@H](N)C(=O)Nc1nc2ccccc2[nH]1. The predicted molar refractivity (Wildman–Crippen MR) is 67.5 cm³/mol. The van der Waals surface area contributed by atoms with Crippen LogP contribution < -0.4 is 11.1 Å². The molecule has 2 rings (SSSR count). The molecule has 90 valence electrons. The van der Waals surface area contributed by atoms with Gasteiger partial charge in [0.05, 0.1) is 17.1 Å². The quantitative estimate of drug-likeness (QED) is 0.749. The molecule has 0 radical (unpaired) electrons. The molecule has 0 aliphatic heterocycles. The molecule has 0 aliphatic rings. The molecule has 0 aliphatic carbocycles. The molecule has 0 bridgehead atoms. The lowest BCUT2D eigenvalue weighted by atomic mass is 10.1. The normalized spacial score (nSPS) is 12.9. The monoisotopic (exact) mass is 232 g/mol. The van der Waals surface area contributed by atoms with Crippen LogP contribution in [-0.2, 0) is 4.79 Å². The van der Waals surface area contributed by atoms with Crippen molar-refractivity contribution in [3.63, 3.8) is 0 Å². The molecule has 1 atom stereocenters. The second-order valence-corrected chi connectivity index (χ2v) is 4.36. The summed E-state index contributed by atoms with van der Waals surface area (Å²) in [7, 11) is 0. The van der Waals surface area contributed by atoms with E-state index in [-0.39, 0.29) is 11.8 Å². The average Bonchev–Trinajstić information content (AvgIpc) is 2.69. The van der Waals surface area contributed by atoms with Crippen molar-refractivity contribution in [2.24, 2.45) is 11.7 Å². The topological polar surface area (TPSA) is 83.8 Å². The molecule has 17 heavy (non-hydrogen) atoms. The number of nitrogens with two attached hydrogens (primary N) is 1. The smallest absolute Gasteiger partial charge is 0.243 e. The Bertz CT molecular complexity index is 499. The van der Waals surface area contributed by atoms with E-state index in [1.54, 1.807) is 0 Å². The van der Waals surface area contributed by atoms with Gasteiger partial charge in [0.1, 0.15) is 0 Å². The highest BCUT2D eigenvalue weighted by Crippen LogP contribution is 2.13. The number of nitrogens with zero attached hydrogens (tertiary/aromatic N) is 1. The van der Waals surface area contributed by atoms with E-state index in [2.05, 4.69) is 15.3 Å². The fourth-order valence-electron chi connectivity index (χ4n) is 1.51. The van der Waals surface area contributed by atoms with Gasteiger partial charge in [0.25, 0.3) is 0 Å². The number of fused-ring (bicyclic) bond motifs is 1. The molecule has 0 saturated carbocycles. The summed E-state index contributed by atoms with van der Waals surface area (Å²) in [4.78, 5) is 19.0. The zero-order chi connectivity index (χ0) is 12.4. The van der Waals surface area contributed by atoms with Crippen molar-refractivity contribution in [1.29, 1.82) is 0 Å². The molecular weight excluding hydrogens is 216 g/mol. The molecule has 0 spiro atoms. The lowest BCUT2D eigenvalue weighted by Crippen LogP contribution is -2.39. The van der Waals surface area contributed by atoms with Gasteiger partial charge in [-0.1, -0.05) is 26.0 Å². The second-order valence-electron chi connectivity index (χ2n) is 4.36. The molecule has 1 aromatic carbocycles. The van der Waals surface area contributed by atoms with Crippen LogP contribution in [0.25, 0.3) is 11.0 Å². The number of benzene rings is 1. The maximum Gasteiger partial charge on any atom is 0.243 e. The Labute approximate surface area is 99.4 Å². The Balaban J connectivity index is 2.16. The van der Waals surface area contributed by atoms with E-state index >= 15 is 0 Å². The van der Waals surface area contributed by atoms with Gasteiger partial charge >= 0.3 is 0 Å². The van der Waals surface area contributed by atoms with Gasteiger partial charge in [0.2, 0.25) is 11.9 Å². The van der Waals surface area contributed by atoms with E-state index in [0.717, 1.165) is 11.0 Å². The number of carbonyl (C=O) groups is 1. The highest BCUT2D eigenvalue weighted by atomic mass is 16.2. The van der Waals surface area contributed by atoms with Crippen LogP contribution in [0, 0.1) is 5.92 Å². The lowest BCUT2D eigenvalue weighted by Gasteiger charge is -2.13. The number of H-pyrrole nitrogens is 1. The summed E-state index contributed by atoms with van der Waals surface area (Å²) in [6.07, 6.45) is 0. The number of aromatic amines is 1. The second kappa shape index (κ2) is 4.55. The number of imidazole rings is 1. The van der Waals surface area contributed by atoms with Gasteiger partial charge in [-0.05, 0) is 18.1 Å². The highest BCUT2D eigenvalue weighted by molar-refractivity contribution is 5.94. The molecule has 4 N–H and O–H groups in total. The fourth-order valence-corrected chi connectivity index (χ4v) is 1.51. The fraction of sp³-hybridized carbons (Fsp3) is 0.333. The Hall–Kier alpha value is -1.88. The summed E-state index contributed by atoms with van der Waals surface area (Å²) in [6.45, 7) is 3.81. The Morgan fingerprint density at radius 3 is 2.76 bits per heavy atom. The van der Waals surface area contributed by atoms with E-state index in [1.807, 2.05) is 38.1 Å². The van der Waals surface area contributed by atoms with Gasteiger partial charge < -0.3 is 10.7 Å². The molecule has 1 aromatic heterocycles. The number of nitrogens with one attached hydrogen (secondary N) is 2. The van der Waals surface area contributed by atoms with Gasteiger partial charge in [0, 0.05) is 0 Å². The van der Waals surface area contributed by atoms with Crippen LogP contribution in [0.1, 0.15) is 13.8 Å². The average molecular weight is 232 g/mol. The van der Waals surface area contributed by atoms with Gasteiger partial charge in [-0.25, -0.2) is 4.98 Å². The van der Waals surface area contributed by atoms with Crippen molar-refractivity contribution in [1.82, 2.24) is 9.97 Å². The van der Waals surface area contributed by atoms with Crippen LogP contribution in [0.4, 0.5) is 5.95 Å². The standard InChI is InChI=1S/C12H16N4O/c1-7(2)10(13)11(17)16-12-14-8-5-3-4-6-9(8)15-12/h3-7,10H,13H2,1-2H3,(H2,14,15,16,17)/t10-/m1/s1. The van der Waals surface area contributed by atoms with Crippen molar-refractivity contribution in [3.8, 4) is 0 Å². The summed E-state index contributed by atoms with van der Waals surface area (Å²) in [6, 6.07) is 7.06. The minimum atomic E-state index is -0.525. The third-order valence-electron chi connectivity index (χ3n) is 2.65. The van der Waals surface area contributed by atoms with Gasteiger partial charge in [-0.3, -0.25) is 10.1 Å². The number of anilines is 1. The third-order valence-corrected chi connectivity index (χ3v) is 2.65. The van der Waals surface area contributed by atoms with E-state index in [4.69, 9.17) is 5.73 Å². The molecule has 1 heterocycles. The first-order valence-electron chi connectivity index (χ1n) is 5.59. The molecule has 0 fully saturated rings. The van der Waals surface area contributed by atoms with Crippen LogP contribution >= 0.6 is 0 Å². The van der Waals surface area contributed by atoms with E-state index < -0.39 is 6.04 Å².